The SMILES string of the molecule is CC(CC1CCCN1C(=O)OC(C)(C)C)Nn1cccc1. The summed E-state index contributed by atoms with van der Waals surface area (Å²) in [4.78, 5) is 14.1. The molecule has 1 aliphatic rings. The van der Waals surface area contributed by atoms with E-state index >= 15 is 0 Å². The van der Waals surface area contributed by atoms with Crippen LogP contribution in [0, 0.1) is 0 Å². The van der Waals surface area contributed by atoms with Crippen LogP contribution in [0.2, 0.25) is 0 Å². The second-order valence-electron chi connectivity index (χ2n) is 6.83. The number of aromatic nitrogens is 1. The Morgan fingerprint density at radius 1 is 1.38 bits per heavy atom. The predicted molar refractivity (Wildman–Crippen MR) is 83.8 cm³/mol. The van der Waals surface area contributed by atoms with Crippen LogP contribution in [-0.2, 0) is 4.74 Å². The van der Waals surface area contributed by atoms with Crippen molar-refractivity contribution in [2.45, 2.75) is 64.6 Å². The fourth-order valence-corrected chi connectivity index (χ4v) is 2.78. The number of carbonyl (C=O) groups is 1. The zero-order chi connectivity index (χ0) is 15.5. The molecule has 0 saturated carbocycles. The smallest absolute Gasteiger partial charge is 0.410 e. The molecule has 2 heterocycles. The van der Waals surface area contributed by atoms with Gasteiger partial charge < -0.3 is 15.1 Å². The number of hydrogen-bond donors (Lipinski definition) is 1. The lowest BCUT2D eigenvalue weighted by Crippen LogP contribution is -2.42. The summed E-state index contributed by atoms with van der Waals surface area (Å²) in [5, 5.41) is 0. The summed E-state index contributed by atoms with van der Waals surface area (Å²) in [6.45, 7) is 8.67. The van der Waals surface area contributed by atoms with Crippen molar-refractivity contribution in [3.05, 3.63) is 24.5 Å². The molecule has 0 aromatic carbocycles. The van der Waals surface area contributed by atoms with E-state index in [1.165, 1.54) is 0 Å². The fraction of sp³-hybridized carbons (Fsp3) is 0.688. The Hall–Kier alpha value is -1.65. The molecule has 21 heavy (non-hydrogen) atoms. The molecule has 2 atom stereocenters. The van der Waals surface area contributed by atoms with E-state index in [1.54, 1.807) is 0 Å². The van der Waals surface area contributed by atoms with Gasteiger partial charge in [-0.1, -0.05) is 0 Å². The highest BCUT2D eigenvalue weighted by molar-refractivity contribution is 5.68. The van der Waals surface area contributed by atoms with Gasteiger partial charge in [0.2, 0.25) is 0 Å². The van der Waals surface area contributed by atoms with Gasteiger partial charge in [0.15, 0.2) is 0 Å². The third-order valence-electron chi connectivity index (χ3n) is 3.60. The maximum absolute atomic E-state index is 12.2. The van der Waals surface area contributed by atoms with Gasteiger partial charge in [-0.25, -0.2) is 4.79 Å². The van der Waals surface area contributed by atoms with Crippen LogP contribution in [0.15, 0.2) is 24.5 Å². The lowest BCUT2D eigenvalue weighted by atomic mass is 10.1. The third kappa shape index (κ3) is 4.69. The predicted octanol–water partition coefficient (Wildman–Crippen LogP) is 3.21. The van der Waals surface area contributed by atoms with Crippen molar-refractivity contribution >= 4 is 6.09 Å². The fourth-order valence-electron chi connectivity index (χ4n) is 2.78. The van der Waals surface area contributed by atoms with Gasteiger partial charge in [-0.2, -0.15) is 0 Å². The van der Waals surface area contributed by atoms with Crippen LogP contribution in [0.25, 0.3) is 0 Å². The molecule has 1 fully saturated rings. The van der Waals surface area contributed by atoms with Crippen LogP contribution in [0.1, 0.15) is 47.0 Å². The zero-order valence-corrected chi connectivity index (χ0v) is 13.5. The highest BCUT2D eigenvalue weighted by Crippen LogP contribution is 2.24. The van der Waals surface area contributed by atoms with Gasteiger partial charge in [-0.05, 0) is 59.1 Å². The highest BCUT2D eigenvalue weighted by Gasteiger charge is 2.32. The summed E-state index contributed by atoms with van der Waals surface area (Å²) >= 11 is 0. The van der Waals surface area contributed by atoms with E-state index in [9.17, 15) is 4.79 Å². The Bertz CT molecular complexity index is 451. The molecule has 1 aromatic rings. The van der Waals surface area contributed by atoms with E-state index in [2.05, 4.69) is 12.3 Å². The molecule has 2 unspecified atom stereocenters. The van der Waals surface area contributed by atoms with Gasteiger partial charge in [0, 0.05) is 31.0 Å². The van der Waals surface area contributed by atoms with Gasteiger partial charge in [-0.3, -0.25) is 4.68 Å². The lowest BCUT2D eigenvalue weighted by molar-refractivity contribution is 0.0217. The maximum Gasteiger partial charge on any atom is 0.410 e. The molecule has 1 aliphatic heterocycles. The van der Waals surface area contributed by atoms with Crippen LogP contribution in [0.4, 0.5) is 4.79 Å². The Morgan fingerprint density at radius 2 is 2.05 bits per heavy atom. The Labute approximate surface area is 127 Å². The van der Waals surface area contributed by atoms with Crippen LogP contribution >= 0.6 is 0 Å². The second-order valence-corrected chi connectivity index (χ2v) is 6.83. The number of nitrogens with zero attached hydrogens (tertiary/aromatic N) is 2. The van der Waals surface area contributed by atoms with E-state index in [0.717, 1.165) is 25.8 Å². The standard InChI is InChI=1S/C16H27N3O2/c1-13(17-18-9-5-6-10-18)12-14-8-7-11-19(14)15(20)21-16(2,3)4/h5-6,9-10,13-14,17H,7-8,11-12H2,1-4H3. The van der Waals surface area contributed by atoms with E-state index in [0.29, 0.717) is 6.04 Å². The first-order valence-electron chi connectivity index (χ1n) is 7.74. The monoisotopic (exact) mass is 293 g/mol. The van der Waals surface area contributed by atoms with Gasteiger partial charge in [0.1, 0.15) is 5.60 Å². The van der Waals surface area contributed by atoms with Gasteiger partial charge in [0.25, 0.3) is 0 Å². The first-order valence-corrected chi connectivity index (χ1v) is 7.74. The summed E-state index contributed by atoms with van der Waals surface area (Å²) in [7, 11) is 0. The minimum absolute atomic E-state index is 0.182. The van der Waals surface area contributed by atoms with Crippen LogP contribution in [-0.4, -0.2) is 39.9 Å². The topological polar surface area (TPSA) is 46.5 Å². The molecule has 1 amide bonds. The average molecular weight is 293 g/mol. The van der Waals surface area contributed by atoms with Crippen molar-refractivity contribution in [1.82, 2.24) is 9.58 Å². The molecule has 1 aromatic heterocycles. The van der Waals surface area contributed by atoms with Crippen molar-refractivity contribution in [3.63, 3.8) is 0 Å². The highest BCUT2D eigenvalue weighted by atomic mass is 16.6. The van der Waals surface area contributed by atoms with Gasteiger partial charge >= 0.3 is 6.09 Å². The van der Waals surface area contributed by atoms with Crippen molar-refractivity contribution < 1.29 is 9.53 Å². The number of nitrogens with one attached hydrogen (secondary N) is 1. The van der Waals surface area contributed by atoms with Crippen molar-refractivity contribution in [1.29, 1.82) is 0 Å². The summed E-state index contributed by atoms with van der Waals surface area (Å²) in [6.07, 6.45) is 6.82. The maximum atomic E-state index is 12.2. The summed E-state index contributed by atoms with van der Waals surface area (Å²) in [6, 6.07) is 4.54. The van der Waals surface area contributed by atoms with E-state index in [-0.39, 0.29) is 12.1 Å². The number of ether oxygens (including phenoxy) is 1. The molecule has 0 spiro atoms. The molecule has 5 heteroatoms. The Balaban J connectivity index is 1.88. The molecule has 0 radical (unpaired) electrons. The van der Waals surface area contributed by atoms with E-state index in [1.807, 2.05) is 54.9 Å². The third-order valence-corrected chi connectivity index (χ3v) is 3.60. The number of rotatable bonds is 4. The minimum atomic E-state index is -0.431. The molecule has 1 N–H and O–H groups in total. The molecule has 0 aliphatic carbocycles. The van der Waals surface area contributed by atoms with Crippen LogP contribution in [0.5, 0.6) is 0 Å². The van der Waals surface area contributed by atoms with Crippen molar-refractivity contribution in [2.75, 3.05) is 12.0 Å². The summed E-state index contributed by atoms with van der Waals surface area (Å²) in [5.74, 6) is 0. The molecule has 2 rings (SSSR count). The molecule has 0 bridgehead atoms. The molecule has 1 saturated heterocycles. The van der Waals surface area contributed by atoms with Gasteiger partial charge in [-0.15, -0.1) is 0 Å². The second kappa shape index (κ2) is 6.41. The van der Waals surface area contributed by atoms with E-state index in [4.69, 9.17) is 4.74 Å². The number of likely N-dealkylation sites (tertiary alicyclic amines) is 1. The number of hydrogen-bond acceptors (Lipinski definition) is 3. The zero-order valence-electron chi connectivity index (χ0n) is 13.5. The lowest BCUT2D eigenvalue weighted by Gasteiger charge is -2.30. The molecule has 5 nitrogen and oxygen atoms in total. The normalized spacial score (nSPS) is 20.4. The summed E-state index contributed by atoms with van der Waals surface area (Å²) < 4.78 is 7.46. The largest absolute Gasteiger partial charge is 0.444 e. The number of carbonyl (C=O) groups excluding carboxylic acids is 1. The molecular weight excluding hydrogens is 266 g/mol. The Kier molecular flexibility index (Phi) is 4.80. The van der Waals surface area contributed by atoms with E-state index < -0.39 is 5.60 Å². The van der Waals surface area contributed by atoms with Crippen molar-refractivity contribution in [2.24, 2.45) is 0 Å². The van der Waals surface area contributed by atoms with Crippen LogP contribution < -0.4 is 5.43 Å². The first-order chi connectivity index (χ1) is 9.85. The number of amides is 1. The van der Waals surface area contributed by atoms with Gasteiger partial charge in [0.05, 0.1) is 0 Å². The van der Waals surface area contributed by atoms with Crippen molar-refractivity contribution in [3.8, 4) is 0 Å². The quantitative estimate of drug-likeness (QED) is 0.927. The Morgan fingerprint density at radius 3 is 2.67 bits per heavy atom. The van der Waals surface area contributed by atoms with Crippen LogP contribution in [0.3, 0.4) is 0 Å². The molecule has 118 valence electrons. The minimum Gasteiger partial charge on any atom is -0.444 e. The average Bonchev–Trinajstić information content (AvgIpc) is 2.97. The molecular formula is C16H27N3O2. The summed E-state index contributed by atoms with van der Waals surface area (Å²) in [5.41, 5.74) is 2.96. The first kappa shape index (κ1) is 15.7.